The van der Waals surface area contributed by atoms with Gasteiger partial charge in [0.1, 0.15) is 11.5 Å². The Morgan fingerprint density at radius 3 is 2.35 bits per heavy atom. The van der Waals surface area contributed by atoms with Crippen LogP contribution in [0.5, 0.6) is 5.75 Å². The van der Waals surface area contributed by atoms with Gasteiger partial charge in [-0.2, -0.15) is 0 Å². The van der Waals surface area contributed by atoms with E-state index in [-0.39, 0.29) is 11.2 Å². The molecule has 0 fully saturated rings. The van der Waals surface area contributed by atoms with Crippen molar-refractivity contribution in [1.82, 2.24) is 10.3 Å². The number of hydrogen-bond acceptors (Lipinski definition) is 5. The zero-order chi connectivity index (χ0) is 18.5. The molecule has 6 heteroatoms. The lowest BCUT2D eigenvalue weighted by molar-refractivity contribution is 0.0911. The standard InChI is InChI=1S/C20H18N2O4/c1-13-11-16(23)12-18(26-13)20(24)22-19(15-7-9-21-10-8-15)14-3-5-17(25-2)6-4-14/h3-12,19H,1-2H3,(H,22,24). The van der Waals surface area contributed by atoms with Gasteiger partial charge in [-0.3, -0.25) is 14.6 Å². The third kappa shape index (κ3) is 3.97. The van der Waals surface area contributed by atoms with Crippen molar-refractivity contribution in [3.63, 3.8) is 0 Å². The third-order valence-electron chi connectivity index (χ3n) is 3.88. The summed E-state index contributed by atoms with van der Waals surface area (Å²) in [6.07, 6.45) is 3.32. The van der Waals surface area contributed by atoms with Crippen LogP contribution in [-0.2, 0) is 0 Å². The predicted molar refractivity (Wildman–Crippen MR) is 96.3 cm³/mol. The summed E-state index contributed by atoms with van der Waals surface area (Å²) in [5.41, 5.74) is 1.44. The van der Waals surface area contributed by atoms with Crippen LogP contribution in [0.1, 0.15) is 33.5 Å². The number of rotatable bonds is 5. The van der Waals surface area contributed by atoms with Crippen LogP contribution >= 0.6 is 0 Å². The number of methoxy groups -OCH3 is 1. The molecule has 2 heterocycles. The number of nitrogens with zero attached hydrogens (tertiary/aromatic N) is 1. The molecular weight excluding hydrogens is 332 g/mol. The molecule has 0 saturated carbocycles. The second-order valence-electron chi connectivity index (χ2n) is 5.73. The summed E-state index contributed by atoms with van der Waals surface area (Å²) < 4.78 is 10.6. The van der Waals surface area contributed by atoms with Gasteiger partial charge in [0.05, 0.1) is 13.2 Å². The topological polar surface area (TPSA) is 81.4 Å². The number of benzene rings is 1. The molecule has 0 spiro atoms. The molecule has 3 aromatic rings. The van der Waals surface area contributed by atoms with Crippen LogP contribution in [0.15, 0.2) is 70.1 Å². The van der Waals surface area contributed by atoms with Crippen LogP contribution in [0.4, 0.5) is 0 Å². The monoisotopic (exact) mass is 350 g/mol. The average molecular weight is 350 g/mol. The first-order valence-electron chi connectivity index (χ1n) is 8.03. The highest BCUT2D eigenvalue weighted by atomic mass is 16.5. The molecule has 1 atom stereocenters. The number of aryl methyl sites for hydroxylation is 1. The predicted octanol–water partition coefficient (Wildman–Crippen LogP) is 2.87. The maximum absolute atomic E-state index is 12.6. The molecule has 2 aromatic heterocycles. The minimum Gasteiger partial charge on any atom is -0.497 e. The second-order valence-corrected chi connectivity index (χ2v) is 5.73. The fourth-order valence-electron chi connectivity index (χ4n) is 2.63. The van der Waals surface area contributed by atoms with Gasteiger partial charge in [0.25, 0.3) is 5.91 Å². The molecule has 0 aliphatic rings. The molecule has 6 nitrogen and oxygen atoms in total. The summed E-state index contributed by atoms with van der Waals surface area (Å²) in [4.78, 5) is 28.3. The minimum atomic E-state index is -0.469. The first-order valence-corrected chi connectivity index (χ1v) is 8.03. The molecule has 132 valence electrons. The van der Waals surface area contributed by atoms with Gasteiger partial charge in [-0.1, -0.05) is 12.1 Å². The molecule has 1 N–H and O–H groups in total. The minimum absolute atomic E-state index is 0.0254. The van der Waals surface area contributed by atoms with Crippen LogP contribution < -0.4 is 15.5 Å². The molecule has 0 aliphatic heterocycles. The second kappa shape index (κ2) is 7.65. The Labute approximate surface area is 150 Å². The summed E-state index contributed by atoms with van der Waals surface area (Å²) in [7, 11) is 1.59. The van der Waals surface area contributed by atoms with Crippen molar-refractivity contribution in [2.45, 2.75) is 13.0 Å². The maximum atomic E-state index is 12.6. The summed E-state index contributed by atoms with van der Waals surface area (Å²) >= 11 is 0. The zero-order valence-corrected chi connectivity index (χ0v) is 14.4. The SMILES string of the molecule is COc1ccc(C(NC(=O)c2cc(=O)cc(C)o2)c2ccncc2)cc1. The van der Waals surface area contributed by atoms with E-state index in [1.165, 1.54) is 12.1 Å². The van der Waals surface area contributed by atoms with E-state index in [0.717, 1.165) is 16.9 Å². The maximum Gasteiger partial charge on any atom is 0.287 e. The van der Waals surface area contributed by atoms with Crippen LogP contribution in [0.25, 0.3) is 0 Å². The first-order chi connectivity index (χ1) is 12.6. The summed E-state index contributed by atoms with van der Waals surface area (Å²) in [5, 5.41) is 2.92. The van der Waals surface area contributed by atoms with E-state index in [2.05, 4.69) is 10.3 Å². The number of aromatic nitrogens is 1. The van der Waals surface area contributed by atoms with E-state index < -0.39 is 11.9 Å². The van der Waals surface area contributed by atoms with Gasteiger partial charge in [-0.15, -0.1) is 0 Å². The number of hydrogen-bond donors (Lipinski definition) is 1. The van der Waals surface area contributed by atoms with Crippen LogP contribution in [0.3, 0.4) is 0 Å². The third-order valence-corrected chi connectivity index (χ3v) is 3.88. The van der Waals surface area contributed by atoms with Crippen molar-refractivity contribution >= 4 is 5.91 Å². The van der Waals surface area contributed by atoms with Crippen molar-refractivity contribution in [1.29, 1.82) is 0 Å². The first kappa shape index (κ1) is 17.4. The highest BCUT2D eigenvalue weighted by Gasteiger charge is 2.20. The van der Waals surface area contributed by atoms with Gasteiger partial charge in [0.15, 0.2) is 11.2 Å². The number of carbonyl (C=O) groups excluding carboxylic acids is 1. The van der Waals surface area contributed by atoms with E-state index >= 15 is 0 Å². The number of pyridine rings is 1. The van der Waals surface area contributed by atoms with E-state index in [1.54, 1.807) is 26.4 Å². The van der Waals surface area contributed by atoms with Crippen molar-refractivity contribution in [3.05, 3.63) is 93.8 Å². The van der Waals surface area contributed by atoms with Crippen LogP contribution in [-0.4, -0.2) is 18.0 Å². The summed E-state index contributed by atoms with van der Waals surface area (Å²) in [5.74, 6) is 0.608. The Bertz CT molecular complexity index is 950. The number of carbonyl (C=O) groups is 1. The highest BCUT2D eigenvalue weighted by molar-refractivity contribution is 5.91. The average Bonchev–Trinajstić information content (AvgIpc) is 2.66. The molecular formula is C20H18N2O4. The molecule has 0 radical (unpaired) electrons. The van der Waals surface area contributed by atoms with Crippen molar-refractivity contribution in [3.8, 4) is 5.75 Å². The summed E-state index contributed by atoms with van der Waals surface area (Å²) in [6, 6.07) is 13.1. The molecule has 0 aliphatic carbocycles. The summed E-state index contributed by atoms with van der Waals surface area (Å²) in [6.45, 7) is 1.63. The van der Waals surface area contributed by atoms with E-state index in [0.29, 0.717) is 5.76 Å². The van der Waals surface area contributed by atoms with E-state index in [4.69, 9.17) is 9.15 Å². The van der Waals surface area contributed by atoms with Crippen molar-refractivity contribution < 1.29 is 13.9 Å². The van der Waals surface area contributed by atoms with Gasteiger partial charge in [0.2, 0.25) is 0 Å². The zero-order valence-electron chi connectivity index (χ0n) is 14.4. The Morgan fingerprint density at radius 2 is 1.73 bits per heavy atom. The number of ether oxygens (including phenoxy) is 1. The van der Waals surface area contributed by atoms with E-state index in [1.807, 2.05) is 36.4 Å². The lowest BCUT2D eigenvalue weighted by Crippen LogP contribution is -2.30. The largest absolute Gasteiger partial charge is 0.497 e. The lowest BCUT2D eigenvalue weighted by Gasteiger charge is -2.19. The van der Waals surface area contributed by atoms with E-state index in [9.17, 15) is 9.59 Å². The van der Waals surface area contributed by atoms with Crippen molar-refractivity contribution in [2.24, 2.45) is 0 Å². The Balaban J connectivity index is 1.95. The van der Waals surface area contributed by atoms with Gasteiger partial charge < -0.3 is 14.5 Å². The molecule has 0 bridgehead atoms. The molecule has 3 rings (SSSR count). The van der Waals surface area contributed by atoms with Gasteiger partial charge >= 0.3 is 0 Å². The smallest absolute Gasteiger partial charge is 0.287 e. The van der Waals surface area contributed by atoms with Gasteiger partial charge in [-0.25, -0.2) is 0 Å². The lowest BCUT2D eigenvalue weighted by atomic mass is 9.99. The number of amides is 1. The Hall–Kier alpha value is -3.41. The van der Waals surface area contributed by atoms with Gasteiger partial charge in [0, 0.05) is 24.5 Å². The Kier molecular flexibility index (Phi) is 5.12. The molecule has 1 unspecified atom stereocenters. The van der Waals surface area contributed by atoms with Crippen molar-refractivity contribution in [2.75, 3.05) is 7.11 Å². The normalized spacial score (nSPS) is 11.6. The van der Waals surface area contributed by atoms with Gasteiger partial charge in [-0.05, 0) is 42.3 Å². The molecule has 0 saturated heterocycles. The molecule has 1 aromatic carbocycles. The van der Waals surface area contributed by atoms with Crippen LogP contribution in [0, 0.1) is 6.92 Å². The van der Waals surface area contributed by atoms with Crippen LogP contribution in [0.2, 0.25) is 0 Å². The fraction of sp³-hybridized carbons (Fsp3) is 0.150. The number of nitrogens with one attached hydrogen (secondary N) is 1. The Morgan fingerprint density at radius 1 is 1.08 bits per heavy atom. The quantitative estimate of drug-likeness (QED) is 0.765. The highest BCUT2D eigenvalue weighted by Crippen LogP contribution is 2.24. The molecule has 26 heavy (non-hydrogen) atoms. The fourth-order valence-corrected chi connectivity index (χ4v) is 2.63. The molecule has 1 amide bonds.